The van der Waals surface area contributed by atoms with Gasteiger partial charge in [0.05, 0.1) is 17.9 Å². The Morgan fingerprint density at radius 1 is 1.07 bits per heavy atom. The van der Waals surface area contributed by atoms with Gasteiger partial charge in [0, 0.05) is 11.6 Å². The molecule has 6 nitrogen and oxygen atoms in total. The Morgan fingerprint density at radius 3 is 2.55 bits per heavy atom. The van der Waals surface area contributed by atoms with E-state index in [0.29, 0.717) is 29.2 Å². The number of carbonyl (C=O) groups excluding carboxylic acids is 2. The zero-order chi connectivity index (χ0) is 21.2. The lowest BCUT2D eigenvalue weighted by molar-refractivity contribution is 0.0942. The lowest BCUT2D eigenvalue weighted by atomic mass is 10.1. The van der Waals surface area contributed by atoms with E-state index in [1.165, 1.54) is 0 Å². The van der Waals surface area contributed by atoms with E-state index in [0.717, 1.165) is 12.8 Å². The van der Waals surface area contributed by atoms with Crippen LogP contribution in [0.5, 0.6) is 5.75 Å². The molecule has 0 saturated carbocycles. The molecule has 0 atom stereocenters. The van der Waals surface area contributed by atoms with Crippen molar-refractivity contribution in [2.75, 3.05) is 11.9 Å². The minimum absolute atomic E-state index is 0.00836. The van der Waals surface area contributed by atoms with Gasteiger partial charge in [0.1, 0.15) is 5.75 Å². The first kappa shape index (κ1) is 22.4. The first-order valence-corrected chi connectivity index (χ1v) is 10.1. The molecule has 0 aliphatic rings. The van der Waals surface area contributed by atoms with Gasteiger partial charge in [-0.3, -0.25) is 14.9 Å². The molecule has 0 bridgehead atoms. The van der Waals surface area contributed by atoms with Gasteiger partial charge in [-0.05, 0) is 62.8 Å². The highest BCUT2D eigenvalue weighted by Gasteiger charge is 2.14. The summed E-state index contributed by atoms with van der Waals surface area (Å²) in [5, 5.41) is 8.52. The van der Waals surface area contributed by atoms with Crippen LogP contribution in [0, 0.1) is 0 Å². The highest BCUT2D eigenvalue weighted by molar-refractivity contribution is 7.80. The Morgan fingerprint density at radius 2 is 1.83 bits per heavy atom. The van der Waals surface area contributed by atoms with Gasteiger partial charge in [-0.25, -0.2) is 0 Å². The molecule has 0 aliphatic heterocycles. The Bertz CT molecular complexity index is 868. The van der Waals surface area contributed by atoms with E-state index in [1.54, 1.807) is 42.5 Å². The van der Waals surface area contributed by atoms with Crippen LogP contribution in [0.1, 0.15) is 54.3 Å². The van der Waals surface area contributed by atoms with E-state index in [4.69, 9.17) is 17.0 Å². The monoisotopic (exact) mass is 413 g/mol. The van der Waals surface area contributed by atoms with Crippen LogP contribution in [0.15, 0.2) is 48.5 Å². The van der Waals surface area contributed by atoms with Crippen LogP contribution in [0.4, 0.5) is 5.69 Å². The molecule has 0 spiro atoms. The number of anilines is 1. The second-order valence-electron chi connectivity index (χ2n) is 6.81. The number of amides is 2. The van der Waals surface area contributed by atoms with E-state index in [9.17, 15) is 9.59 Å². The summed E-state index contributed by atoms with van der Waals surface area (Å²) in [4.78, 5) is 24.9. The van der Waals surface area contributed by atoms with E-state index in [2.05, 4.69) is 22.9 Å². The third-order valence-electron chi connectivity index (χ3n) is 3.93. The van der Waals surface area contributed by atoms with Crippen LogP contribution in [0.3, 0.4) is 0 Å². The Labute approximate surface area is 177 Å². The van der Waals surface area contributed by atoms with Crippen LogP contribution in [-0.2, 0) is 0 Å². The Hall–Kier alpha value is -2.93. The smallest absolute Gasteiger partial charge is 0.257 e. The second kappa shape index (κ2) is 11.2. The molecule has 2 rings (SSSR count). The predicted molar refractivity (Wildman–Crippen MR) is 120 cm³/mol. The highest BCUT2D eigenvalue weighted by atomic mass is 32.1. The third-order valence-corrected chi connectivity index (χ3v) is 4.13. The average molecular weight is 414 g/mol. The number of rotatable bonds is 8. The van der Waals surface area contributed by atoms with Crippen molar-refractivity contribution in [3.05, 3.63) is 59.7 Å². The molecule has 0 aromatic heterocycles. The summed E-state index contributed by atoms with van der Waals surface area (Å²) in [7, 11) is 0. The molecule has 2 aromatic carbocycles. The first-order chi connectivity index (χ1) is 13.9. The normalized spacial score (nSPS) is 10.3. The standard InChI is InChI=1S/C22H27N3O3S/c1-4-5-13-28-17-10-8-9-16(14-17)20(26)25-22(29)24-19-12-7-6-11-18(19)21(27)23-15(2)3/h6-12,14-15H,4-5,13H2,1-3H3,(H,23,27)(H2,24,25,26,29). The van der Waals surface area contributed by atoms with Gasteiger partial charge >= 0.3 is 0 Å². The lowest BCUT2D eigenvalue weighted by Gasteiger charge is -2.15. The number of nitrogens with one attached hydrogen (secondary N) is 3. The summed E-state index contributed by atoms with van der Waals surface area (Å²) < 4.78 is 5.64. The number of para-hydroxylation sites is 1. The summed E-state index contributed by atoms with van der Waals surface area (Å²) >= 11 is 5.26. The zero-order valence-corrected chi connectivity index (χ0v) is 17.8. The summed E-state index contributed by atoms with van der Waals surface area (Å²) in [6, 6.07) is 13.9. The summed E-state index contributed by atoms with van der Waals surface area (Å²) in [6.45, 7) is 6.47. The van der Waals surface area contributed by atoms with Gasteiger partial charge in [-0.1, -0.05) is 31.5 Å². The summed E-state index contributed by atoms with van der Waals surface area (Å²) in [5.74, 6) is 0.0717. The molecular formula is C22H27N3O3S. The minimum Gasteiger partial charge on any atom is -0.494 e. The number of thiocarbonyl (C=S) groups is 1. The number of unbranched alkanes of at least 4 members (excludes halogenated alkanes) is 1. The van der Waals surface area contributed by atoms with Gasteiger partial charge in [-0.2, -0.15) is 0 Å². The molecule has 0 aliphatic carbocycles. The van der Waals surface area contributed by atoms with Gasteiger partial charge < -0.3 is 15.4 Å². The van der Waals surface area contributed by atoms with E-state index in [-0.39, 0.29) is 23.0 Å². The molecule has 3 N–H and O–H groups in total. The molecule has 154 valence electrons. The van der Waals surface area contributed by atoms with Crippen molar-refractivity contribution in [1.82, 2.24) is 10.6 Å². The van der Waals surface area contributed by atoms with Crippen molar-refractivity contribution in [2.45, 2.75) is 39.7 Å². The molecule has 0 fully saturated rings. The maximum absolute atomic E-state index is 12.5. The fourth-order valence-corrected chi connectivity index (χ4v) is 2.72. The van der Waals surface area contributed by atoms with Crippen LogP contribution in [0.2, 0.25) is 0 Å². The Kier molecular flexibility index (Phi) is 8.61. The zero-order valence-electron chi connectivity index (χ0n) is 17.0. The highest BCUT2D eigenvalue weighted by Crippen LogP contribution is 2.16. The number of hydrogen-bond acceptors (Lipinski definition) is 4. The Balaban J connectivity index is 2.02. The molecule has 2 amide bonds. The third kappa shape index (κ3) is 7.19. The topological polar surface area (TPSA) is 79.5 Å². The maximum Gasteiger partial charge on any atom is 0.257 e. The molecule has 0 unspecified atom stereocenters. The number of carbonyl (C=O) groups is 2. The van der Waals surface area contributed by atoms with Crippen LogP contribution < -0.4 is 20.7 Å². The molecule has 0 heterocycles. The second-order valence-corrected chi connectivity index (χ2v) is 7.22. The summed E-state index contributed by atoms with van der Waals surface area (Å²) in [5.41, 5.74) is 1.41. The molecule has 2 aromatic rings. The predicted octanol–water partition coefficient (Wildman–Crippen LogP) is 4.13. The van der Waals surface area contributed by atoms with Crippen LogP contribution in [-0.4, -0.2) is 29.6 Å². The largest absolute Gasteiger partial charge is 0.494 e. The molecule has 0 saturated heterocycles. The van der Waals surface area contributed by atoms with Gasteiger partial charge in [-0.15, -0.1) is 0 Å². The number of hydrogen-bond donors (Lipinski definition) is 3. The van der Waals surface area contributed by atoms with Crippen LogP contribution in [0.25, 0.3) is 0 Å². The lowest BCUT2D eigenvalue weighted by Crippen LogP contribution is -2.35. The van der Waals surface area contributed by atoms with E-state index >= 15 is 0 Å². The van der Waals surface area contributed by atoms with Gasteiger partial charge in [0.25, 0.3) is 11.8 Å². The van der Waals surface area contributed by atoms with Crippen molar-refractivity contribution >= 4 is 34.8 Å². The molecule has 29 heavy (non-hydrogen) atoms. The van der Waals surface area contributed by atoms with Gasteiger partial charge in [0.2, 0.25) is 0 Å². The van der Waals surface area contributed by atoms with Crippen molar-refractivity contribution in [3.8, 4) is 5.75 Å². The quantitative estimate of drug-likeness (QED) is 0.448. The van der Waals surface area contributed by atoms with Crippen molar-refractivity contribution in [2.24, 2.45) is 0 Å². The van der Waals surface area contributed by atoms with Crippen LogP contribution >= 0.6 is 12.2 Å². The van der Waals surface area contributed by atoms with E-state index < -0.39 is 0 Å². The first-order valence-electron chi connectivity index (χ1n) is 9.65. The molecule has 7 heteroatoms. The number of benzene rings is 2. The summed E-state index contributed by atoms with van der Waals surface area (Å²) in [6.07, 6.45) is 1.99. The fraction of sp³-hybridized carbons (Fsp3) is 0.318. The molecule has 0 radical (unpaired) electrons. The average Bonchev–Trinajstić information content (AvgIpc) is 2.68. The van der Waals surface area contributed by atoms with Crippen molar-refractivity contribution < 1.29 is 14.3 Å². The maximum atomic E-state index is 12.5. The minimum atomic E-state index is -0.354. The van der Waals surface area contributed by atoms with Gasteiger partial charge in [0.15, 0.2) is 5.11 Å². The number of ether oxygens (including phenoxy) is 1. The van der Waals surface area contributed by atoms with Crippen molar-refractivity contribution in [1.29, 1.82) is 0 Å². The van der Waals surface area contributed by atoms with Crippen molar-refractivity contribution in [3.63, 3.8) is 0 Å². The SMILES string of the molecule is CCCCOc1cccc(C(=O)NC(=S)Nc2ccccc2C(=O)NC(C)C)c1. The fourth-order valence-electron chi connectivity index (χ4n) is 2.52. The van der Waals surface area contributed by atoms with E-state index in [1.807, 2.05) is 19.9 Å². The molecular weight excluding hydrogens is 386 g/mol.